The first-order chi connectivity index (χ1) is 18.5. The average molecular weight is 533 g/mol. The van der Waals surface area contributed by atoms with Gasteiger partial charge in [0.1, 0.15) is 6.61 Å². The van der Waals surface area contributed by atoms with Gasteiger partial charge >= 0.3 is 12.1 Å². The molecule has 0 radical (unpaired) electrons. The van der Waals surface area contributed by atoms with Crippen LogP contribution in [-0.4, -0.2) is 87.9 Å². The number of nitrogens with two attached hydrogens (primary N) is 1. The maximum Gasteiger partial charge on any atom is 0.408 e. The van der Waals surface area contributed by atoms with Crippen LogP contribution in [0.25, 0.3) is 0 Å². The molecule has 208 valence electrons. The maximum atomic E-state index is 13.2. The zero-order valence-electron chi connectivity index (χ0n) is 21.3. The Kier molecular flexibility index (Phi) is 15.3. The molecule has 11 heteroatoms. The lowest BCUT2D eigenvalue weighted by Gasteiger charge is -2.21. The first-order valence-corrected chi connectivity index (χ1v) is 12.3. The van der Waals surface area contributed by atoms with Crippen LogP contribution in [0.15, 0.2) is 60.7 Å². The van der Waals surface area contributed by atoms with Crippen molar-refractivity contribution in [1.29, 1.82) is 0 Å². The minimum Gasteiger partial charge on any atom is -0.479 e. The molecule has 0 aromatic heterocycles. The van der Waals surface area contributed by atoms with Crippen molar-refractivity contribution in [3.8, 4) is 0 Å². The fraction of sp³-hybridized carbons (Fsp3) is 0.444. The summed E-state index contributed by atoms with van der Waals surface area (Å²) in [5.74, 6) is -2.27. The second-order valence-corrected chi connectivity index (χ2v) is 8.07. The minimum atomic E-state index is -1.79. The van der Waals surface area contributed by atoms with E-state index in [0.717, 1.165) is 11.1 Å². The topological polar surface area (TPSA) is 156 Å². The van der Waals surface area contributed by atoms with Crippen molar-refractivity contribution < 1.29 is 43.2 Å². The number of nitrogens with one attached hydrogen (secondary N) is 1. The number of ether oxygens (including phenoxy) is 5. The number of aliphatic carboxylic acids is 1. The molecule has 2 aromatic carbocycles. The molecule has 0 saturated carbocycles. The predicted molar refractivity (Wildman–Crippen MR) is 138 cm³/mol. The number of ketones is 1. The summed E-state index contributed by atoms with van der Waals surface area (Å²) in [6.07, 6.45) is -2.57. The predicted octanol–water partition coefficient (Wildman–Crippen LogP) is 1.57. The quantitative estimate of drug-likeness (QED) is 0.169. The molecule has 0 heterocycles. The highest BCUT2D eigenvalue weighted by atomic mass is 16.6. The highest BCUT2D eigenvalue weighted by Gasteiger charge is 2.34. The zero-order chi connectivity index (χ0) is 27.4. The Morgan fingerprint density at radius 1 is 0.763 bits per heavy atom. The van der Waals surface area contributed by atoms with E-state index in [2.05, 4.69) is 5.32 Å². The Labute approximate surface area is 222 Å². The molecule has 38 heavy (non-hydrogen) atoms. The van der Waals surface area contributed by atoms with Gasteiger partial charge in [-0.3, -0.25) is 4.79 Å². The average Bonchev–Trinajstić information content (AvgIpc) is 2.93. The van der Waals surface area contributed by atoms with Crippen molar-refractivity contribution in [3.63, 3.8) is 0 Å². The highest BCUT2D eigenvalue weighted by Crippen LogP contribution is 2.09. The van der Waals surface area contributed by atoms with E-state index < -0.39 is 30.0 Å². The molecule has 2 rings (SSSR count). The zero-order valence-corrected chi connectivity index (χ0v) is 21.3. The van der Waals surface area contributed by atoms with Crippen LogP contribution in [0.4, 0.5) is 4.79 Å². The van der Waals surface area contributed by atoms with Gasteiger partial charge < -0.3 is 39.8 Å². The van der Waals surface area contributed by atoms with E-state index >= 15 is 0 Å². The van der Waals surface area contributed by atoms with Gasteiger partial charge in [0.2, 0.25) is 6.10 Å². The number of alkyl carbamates (subject to hydrolysis) is 1. The van der Waals surface area contributed by atoms with Crippen LogP contribution in [0.5, 0.6) is 0 Å². The number of carboxylic acid groups (broad SMARTS) is 1. The number of hydrogen-bond acceptors (Lipinski definition) is 9. The summed E-state index contributed by atoms with van der Waals surface area (Å²) < 4.78 is 26.4. The van der Waals surface area contributed by atoms with Gasteiger partial charge in [0.15, 0.2) is 5.78 Å². The van der Waals surface area contributed by atoms with Crippen LogP contribution in [0, 0.1) is 0 Å². The number of carbonyl (C=O) groups excluding carboxylic acids is 2. The molecule has 0 saturated heterocycles. The van der Waals surface area contributed by atoms with Crippen LogP contribution in [0.1, 0.15) is 11.1 Å². The summed E-state index contributed by atoms with van der Waals surface area (Å²) in [5.41, 5.74) is 6.82. The van der Waals surface area contributed by atoms with Crippen LogP contribution >= 0.6 is 0 Å². The van der Waals surface area contributed by atoms with Crippen molar-refractivity contribution in [2.24, 2.45) is 5.73 Å². The standard InChI is InChI=1S/C27H36N2O9/c28-11-12-34-13-14-35-15-16-36-17-18-37-25(26(31)32)24(30)23(19-21-7-3-1-4-8-21)29-27(33)38-20-22-9-5-2-6-10-22/h1-10,23,25H,11-20,28H2,(H,29,33)(H,31,32)/t23-,25?/m0/s1. The molecule has 4 N–H and O–H groups in total. The Balaban J connectivity index is 1.85. The molecule has 0 aliphatic rings. The van der Waals surface area contributed by atoms with E-state index in [0.29, 0.717) is 33.0 Å². The van der Waals surface area contributed by atoms with Crippen LogP contribution < -0.4 is 11.1 Å². The van der Waals surface area contributed by atoms with E-state index in [1.165, 1.54) is 0 Å². The monoisotopic (exact) mass is 532 g/mol. The largest absolute Gasteiger partial charge is 0.479 e. The van der Waals surface area contributed by atoms with Crippen molar-refractivity contribution >= 4 is 17.8 Å². The van der Waals surface area contributed by atoms with Gasteiger partial charge in [-0.15, -0.1) is 0 Å². The Hall–Kier alpha value is -3.35. The molecular weight excluding hydrogens is 496 g/mol. The van der Waals surface area contributed by atoms with Gasteiger partial charge in [0.25, 0.3) is 0 Å². The fourth-order valence-corrected chi connectivity index (χ4v) is 3.29. The number of benzene rings is 2. The number of rotatable bonds is 20. The first-order valence-electron chi connectivity index (χ1n) is 12.3. The Morgan fingerprint density at radius 3 is 1.84 bits per heavy atom. The summed E-state index contributed by atoms with van der Waals surface area (Å²) in [6.45, 7) is 2.25. The summed E-state index contributed by atoms with van der Waals surface area (Å²) in [4.78, 5) is 37.4. The number of amides is 1. The summed E-state index contributed by atoms with van der Waals surface area (Å²) in [5, 5.41) is 12.1. The smallest absolute Gasteiger partial charge is 0.408 e. The van der Waals surface area contributed by atoms with Gasteiger partial charge in [0.05, 0.1) is 52.3 Å². The third-order valence-electron chi connectivity index (χ3n) is 5.13. The molecule has 0 fully saturated rings. The molecular formula is C27H36N2O9. The summed E-state index contributed by atoms with van der Waals surface area (Å²) >= 11 is 0. The number of Topliss-reactive ketones (excluding diaryl/α,β-unsaturated/α-hetero) is 1. The van der Waals surface area contributed by atoms with Crippen LogP contribution in [0.2, 0.25) is 0 Å². The number of hydrogen-bond donors (Lipinski definition) is 3. The molecule has 0 bridgehead atoms. The third-order valence-corrected chi connectivity index (χ3v) is 5.13. The molecule has 2 aromatic rings. The summed E-state index contributed by atoms with van der Waals surface area (Å²) in [6, 6.07) is 16.8. The molecule has 11 nitrogen and oxygen atoms in total. The van der Waals surface area contributed by atoms with E-state index in [-0.39, 0.29) is 32.8 Å². The fourth-order valence-electron chi connectivity index (χ4n) is 3.29. The molecule has 0 aliphatic carbocycles. The normalized spacial score (nSPS) is 12.4. The van der Waals surface area contributed by atoms with Gasteiger partial charge in [-0.2, -0.15) is 0 Å². The lowest BCUT2D eigenvalue weighted by Crippen LogP contribution is -2.50. The SMILES string of the molecule is NCCOCCOCCOCCOC(C(=O)O)C(=O)[C@H](Cc1ccccc1)NC(=O)OCc1ccccc1. The molecule has 0 spiro atoms. The number of carbonyl (C=O) groups is 3. The minimum absolute atomic E-state index is 0.000439. The number of carboxylic acids is 1. The van der Waals surface area contributed by atoms with Crippen molar-refractivity contribution in [1.82, 2.24) is 5.32 Å². The Bertz CT molecular complexity index is 944. The van der Waals surface area contributed by atoms with Gasteiger partial charge in [-0.25, -0.2) is 9.59 Å². The summed E-state index contributed by atoms with van der Waals surface area (Å²) in [7, 11) is 0. The highest BCUT2D eigenvalue weighted by molar-refractivity contribution is 6.05. The lowest BCUT2D eigenvalue weighted by molar-refractivity contribution is -0.158. The molecule has 1 unspecified atom stereocenters. The van der Waals surface area contributed by atoms with E-state index in [1.807, 2.05) is 24.3 Å². The molecule has 1 amide bonds. The Morgan fingerprint density at radius 2 is 1.29 bits per heavy atom. The second-order valence-electron chi connectivity index (χ2n) is 8.07. The van der Waals surface area contributed by atoms with Gasteiger partial charge in [0, 0.05) is 6.54 Å². The van der Waals surface area contributed by atoms with Gasteiger partial charge in [-0.1, -0.05) is 60.7 Å². The van der Waals surface area contributed by atoms with E-state index in [4.69, 9.17) is 29.4 Å². The van der Waals surface area contributed by atoms with Crippen molar-refractivity contribution in [3.05, 3.63) is 71.8 Å². The second kappa shape index (κ2) is 18.8. The molecule has 0 aliphatic heterocycles. The third kappa shape index (κ3) is 12.7. The lowest BCUT2D eigenvalue weighted by atomic mass is 9.99. The van der Waals surface area contributed by atoms with E-state index in [1.54, 1.807) is 36.4 Å². The van der Waals surface area contributed by atoms with E-state index in [9.17, 15) is 19.5 Å². The van der Waals surface area contributed by atoms with Crippen LogP contribution in [0.3, 0.4) is 0 Å². The first kappa shape index (κ1) is 30.9. The van der Waals surface area contributed by atoms with Crippen molar-refractivity contribution in [2.75, 3.05) is 52.8 Å². The molecule has 2 atom stereocenters. The van der Waals surface area contributed by atoms with Crippen molar-refractivity contribution in [2.45, 2.75) is 25.2 Å². The van der Waals surface area contributed by atoms with Gasteiger partial charge in [-0.05, 0) is 17.5 Å². The van der Waals surface area contributed by atoms with Crippen LogP contribution in [-0.2, 0) is 46.3 Å². The maximum absolute atomic E-state index is 13.2.